The van der Waals surface area contributed by atoms with Crippen LogP contribution in [0.5, 0.6) is 5.75 Å². The van der Waals surface area contributed by atoms with Crippen molar-refractivity contribution in [1.29, 1.82) is 0 Å². The maximum absolute atomic E-state index is 9.57. The molecule has 0 fully saturated rings. The first-order valence-electron chi connectivity index (χ1n) is 4.32. The minimum absolute atomic E-state index is 0.0595. The Labute approximate surface area is 87.9 Å². The molecule has 1 aromatic carbocycles. The summed E-state index contributed by atoms with van der Waals surface area (Å²) in [6, 6.07) is 3.79. The molecule has 0 bridgehead atoms. The molecule has 0 spiro atoms. The maximum Gasteiger partial charge on any atom is 0.118 e. The van der Waals surface area contributed by atoms with Crippen molar-refractivity contribution in [3.8, 4) is 5.75 Å². The summed E-state index contributed by atoms with van der Waals surface area (Å²) in [5, 5.41) is 9.57. The molecule has 0 saturated carbocycles. The van der Waals surface area contributed by atoms with Crippen LogP contribution in [0.3, 0.4) is 0 Å². The van der Waals surface area contributed by atoms with Gasteiger partial charge in [0.15, 0.2) is 0 Å². The number of phenolic OH excluding ortho intramolecular Hbond substituents is 1. The van der Waals surface area contributed by atoms with E-state index in [2.05, 4.69) is 36.7 Å². The lowest BCUT2D eigenvalue weighted by Crippen LogP contribution is -2.11. The van der Waals surface area contributed by atoms with Gasteiger partial charge in [0.2, 0.25) is 0 Å². The molecule has 1 aromatic rings. The zero-order chi connectivity index (χ0) is 10.2. The Hall–Kier alpha value is -0.500. The first-order chi connectivity index (χ1) is 5.82. The number of benzene rings is 1. The van der Waals surface area contributed by atoms with Gasteiger partial charge in [-0.1, -0.05) is 36.7 Å². The van der Waals surface area contributed by atoms with E-state index < -0.39 is 0 Å². The van der Waals surface area contributed by atoms with Gasteiger partial charge in [-0.25, -0.2) is 0 Å². The molecular weight excluding hydrogens is 228 g/mol. The van der Waals surface area contributed by atoms with Crippen LogP contribution >= 0.6 is 15.9 Å². The van der Waals surface area contributed by atoms with Gasteiger partial charge < -0.3 is 5.11 Å². The molecule has 13 heavy (non-hydrogen) atoms. The van der Waals surface area contributed by atoms with Crippen molar-refractivity contribution < 1.29 is 5.11 Å². The van der Waals surface area contributed by atoms with Gasteiger partial charge in [-0.3, -0.25) is 0 Å². The molecule has 0 unspecified atom stereocenters. The Morgan fingerprint density at radius 1 is 1.23 bits per heavy atom. The first-order valence-corrected chi connectivity index (χ1v) is 5.11. The fourth-order valence-electron chi connectivity index (χ4n) is 1.24. The van der Waals surface area contributed by atoms with Crippen LogP contribution in [0.1, 0.15) is 31.9 Å². The van der Waals surface area contributed by atoms with Gasteiger partial charge in [0.1, 0.15) is 5.75 Å². The molecule has 0 aromatic heterocycles. The minimum atomic E-state index is 0.0595. The Balaban J connectivity index is 3.32. The van der Waals surface area contributed by atoms with E-state index in [0.29, 0.717) is 5.75 Å². The number of rotatable bonds is 0. The second-order valence-corrected chi connectivity index (χ2v) is 5.22. The van der Waals surface area contributed by atoms with Gasteiger partial charge in [0, 0.05) is 4.47 Å². The summed E-state index contributed by atoms with van der Waals surface area (Å²) in [4.78, 5) is 0. The molecule has 1 N–H and O–H groups in total. The van der Waals surface area contributed by atoms with Crippen LogP contribution in [0.2, 0.25) is 0 Å². The van der Waals surface area contributed by atoms with Gasteiger partial charge in [-0.2, -0.15) is 0 Å². The molecule has 1 nitrogen and oxygen atoms in total. The summed E-state index contributed by atoms with van der Waals surface area (Å²) in [6.45, 7) is 8.28. The van der Waals surface area contributed by atoms with Crippen LogP contribution in [-0.2, 0) is 5.41 Å². The molecule has 0 aliphatic carbocycles. The molecule has 0 aliphatic heterocycles. The zero-order valence-corrected chi connectivity index (χ0v) is 10.1. The summed E-state index contributed by atoms with van der Waals surface area (Å²) < 4.78 is 1.07. The number of hydrogen-bond acceptors (Lipinski definition) is 1. The SMILES string of the molecule is Cc1cc(Br)c(C(C)(C)C)cc1O. The van der Waals surface area contributed by atoms with Gasteiger partial charge in [0.25, 0.3) is 0 Å². The smallest absolute Gasteiger partial charge is 0.118 e. The van der Waals surface area contributed by atoms with Crippen molar-refractivity contribution in [3.05, 3.63) is 27.7 Å². The van der Waals surface area contributed by atoms with Crippen molar-refractivity contribution in [2.75, 3.05) is 0 Å². The first kappa shape index (κ1) is 10.6. The van der Waals surface area contributed by atoms with E-state index in [9.17, 15) is 5.11 Å². The highest BCUT2D eigenvalue weighted by Crippen LogP contribution is 2.34. The van der Waals surface area contributed by atoms with Crippen LogP contribution in [0.4, 0.5) is 0 Å². The average Bonchev–Trinajstić information content (AvgIpc) is 1.94. The lowest BCUT2D eigenvalue weighted by Gasteiger charge is -2.21. The van der Waals surface area contributed by atoms with Crippen LogP contribution in [0.25, 0.3) is 0 Å². The predicted octanol–water partition coefficient (Wildman–Crippen LogP) is 3.76. The number of halogens is 1. The second-order valence-electron chi connectivity index (χ2n) is 4.37. The van der Waals surface area contributed by atoms with Crippen molar-refractivity contribution >= 4 is 15.9 Å². The highest BCUT2D eigenvalue weighted by molar-refractivity contribution is 9.10. The number of hydrogen-bond donors (Lipinski definition) is 1. The lowest BCUT2D eigenvalue weighted by molar-refractivity contribution is 0.466. The van der Waals surface area contributed by atoms with Crippen molar-refractivity contribution in [3.63, 3.8) is 0 Å². The third-order valence-corrected chi connectivity index (χ3v) is 2.75. The fraction of sp³-hybridized carbons (Fsp3) is 0.455. The Morgan fingerprint density at radius 2 is 1.77 bits per heavy atom. The molecule has 0 radical (unpaired) electrons. The predicted molar refractivity (Wildman–Crippen MR) is 59.2 cm³/mol. The van der Waals surface area contributed by atoms with E-state index in [0.717, 1.165) is 15.6 Å². The molecule has 72 valence electrons. The van der Waals surface area contributed by atoms with E-state index in [-0.39, 0.29) is 5.41 Å². The van der Waals surface area contributed by atoms with Crippen molar-refractivity contribution in [2.45, 2.75) is 33.1 Å². The normalized spacial score (nSPS) is 11.8. The van der Waals surface area contributed by atoms with Crippen LogP contribution in [0.15, 0.2) is 16.6 Å². The summed E-state index contributed by atoms with van der Waals surface area (Å²) in [5.74, 6) is 0.369. The fourth-order valence-corrected chi connectivity index (χ4v) is 2.29. The quantitative estimate of drug-likeness (QED) is 0.735. The van der Waals surface area contributed by atoms with Crippen LogP contribution in [0, 0.1) is 6.92 Å². The highest BCUT2D eigenvalue weighted by Gasteiger charge is 2.18. The van der Waals surface area contributed by atoms with E-state index in [1.165, 1.54) is 0 Å². The maximum atomic E-state index is 9.57. The second kappa shape index (κ2) is 3.33. The summed E-state index contributed by atoms with van der Waals surface area (Å²) in [7, 11) is 0. The topological polar surface area (TPSA) is 20.2 Å². The van der Waals surface area contributed by atoms with E-state index in [1.807, 2.05) is 19.1 Å². The third kappa shape index (κ3) is 2.25. The third-order valence-electron chi connectivity index (χ3n) is 2.09. The number of aromatic hydroxyl groups is 1. The molecular formula is C11H15BrO. The van der Waals surface area contributed by atoms with Gasteiger partial charge in [0.05, 0.1) is 0 Å². The van der Waals surface area contributed by atoms with Gasteiger partial charge in [-0.15, -0.1) is 0 Å². The summed E-state index contributed by atoms with van der Waals surface area (Å²) in [5.41, 5.74) is 2.10. The molecule has 2 heteroatoms. The molecule has 0 atom stereocenters. The molecule has 0 amide bonds. The standard InChI is InChI=1S/C11H15BrO/c1-7-5-9(12)8(6-10(7)13)11(2,3)4/h5-6,13H,1-4H3. The van der Waals surface area contributed by atoms with E-state index in [4.69, 9.17) is 0 Å². The Kier molecular flexibility index (Phi) is 2.71. The monoisotopic (exact) mass is 242 g/mol. The van der Waals surface area contributed by atoms with Gasteiger partial charge >= 0.3 is 0 Å². The van der Waals surface area contributed by atoms with E-state index in [1.54, 1.807) is 0 Å². The Morgan fingerprint density at radius 3 is 2.23 bits per heavy atom. The highest BCUT2D eigenvalue weighted by atomic mass is 79.9. The number of aryl methyl sites for hydroxylation is 1. The van der Waals surface area contributed by atoms with Crippen LogP contribution in [-0.4, -0.2) is 5.11 Å². The lowest BCUT2D eigenvalue weighted by atomic mass is 9.86. The van der Waals surface area contributed by atoms with E-state index >= 15 is 0 Å². The van der Waals surface area contributed by atoms with Crippen LogP contribution < -0.4 is 0 Å². The van der Waals surface area contributed by atoms with Gasteiger partial charge in [-0.05, 0) is 35.6 Å². The number of phenols is 1. The van der Waals surface area contributed by atoms with Crippen molar-refractivity contribution in [1.82, 2.24) is 0 Å². The summed E-state index contributed by atoms with van der Waals surface area (Å²) >= 11 is 3.51. The minimum Gasteiger partial charge on any atom is -0.508 e. The van der Waals surface area contributed by atoms with Crippen molar-refractivity contribution in [2.24, 2.45) is 0 Å². The zero-order valence-electron chi connectivity index (χ0n) is 8.48. The summed E-state index contributed by atoms with van der Waals surface area (Å²) in [6.07, 6.45) is 0. The molecule has 1 rings (SSSR count). The molecule has 0 heterocycles. The molecule has 0 aliphatic rings. The largest absolute Gasteiger partial charge is 0.508 e. The molecule has 0 saturated heterocycles. The Bertz CT molecular complexity index is 324. The average molecular weight is 243 g/mol.